The summed E-state index contributed by atoms with van der Waals surface area (Å²) < 4.78 is 18.7. The number of carbonyl (C=O) groups excluding carboxylic acids is 1. The first-order chi connectivity index (χ1) is 11.6. The first kappa shape index (κ1) is 15.9. The number of pyridine rings is 1. The highest BCUT2D eigenvalue weighted by molar-refractivity contribution is 6.06. The standard InChI is InChI=1S/C19H17FN2O2/c1-3-24-16-7-5-15(6-8-16)22-19(23)17-11-13-10-14(20)4-9-18(13)21-12(17)2/h4-11H,3H2,1-2H3,(H,22,23). The number of fused-ring (bicyclic) bond motifs is 1. The Labute approximate surface area is 139 Å². The van der Waals surface area contributed by atoms with Crippen molar-refractivity contribution in [2.75, 3.05) is 11.9 Å². The number of aromatic nitrogens is 1. The number of rotatable bonds is 4. The van der Waals surface area contributed by atoms with Crippen LogP contribution in [0.2, 0.25) is 0 Å². The highest BCUT2D eigenvalue weighted by Crippen LogP contribution is 2.20. The molecule has 24 heavy (non-hydrogen) atoms. The fourth-order valence-electron chi connectivity index (χ4n) is 2.47. The van der Waals surface area contributed by atoms with Gasteiger partial charge < -0.3 is 10.1 Å². The Morgan fingerprint density at radius 1 is 1.17 bits per heavy atom. The van der Waals surface area contributed by atoms with Crippen LogP contribution in [0, 0.1) is 12.7 Å². The predicted octanol–water partition coefficient (Wildman–Crippen LogP) is 4.33. The van der Waals surface area contributed by atoms with E-state index in [1.54, 1.807) is 43.3 Å². The van der Waals surface area contributed by atoms with Crippen molar-refractivity contribution in [3.05, 3.63) is 65.6 Å². The van der Waals surface area contributed by atoms with E-state index in [1.807, 2.05) is 6.92 Å². The zero-order valence-corrected chi connectivity index (χ0v) is 13.5. The van der Waals surface area contributed by atoms with Gasteiger partial charge in [-0.05, 0) is 62.4 Å². The molecule has 0 fully saturated rings. The van der Waals surface area contributed by atoms with E-state index < -0.39 is 0 Å². The summed E-state index contributed by atoms with van der Waals surface area (Å²) in [5.74, 6) is 0.107. The van der Waals surface area contributed by atoms with Gasteiger partial charge in [0.2, 0.25) is 0 Å². The molecule has 0 aliphatic heterocycles. The molecule has 1 N–H and O–H groups in total. The van der Waals surface area contributed by atoms with Crippen molar-refractivity contribution >= 4 is 22.5 Å². The molecule has 3 rings (SSSR count). The molecule has 3 aromatic rings. The Kier molecular flexibility index (Phi) is 4.42. The topological polar surface area (TPSA) is 51.2 Å². The maximum absolute atomic E-state index is 13.4. The van der Waals surface area contributed by atoms with Gasteiger partial charge in [-0.2, -0.15) is 0 Å². The van der Waals surface area contributed by atoms with Crippen molar-refractivity contribution in [1.29, 1.82) is 0 Å². The lowest BCUT2D eigenvalue weighted by atomic mass is 10.1. The summed E-state index contributed by atoms with van der Waals surface area (Å²) in [7, 11) is 0. The van der Waals surface area contributed by atoms with Crippen LogP contribution in [-0.4, -0.2) is 17.5 Å². The summed E-state index contributed by atoms with van der Waals surface area (Å²) in [4.78, 5) is 16.9. The van der Waals surface area contributed by atoms with Crippen LogP contribution in [0.3, 0.4) is 0 Å². The van der Waals surface area contributed by atoms with Gasteiger partial charge in [0.1, 0.15) is 11.6 Å². The number of nitrogens with one attached hydrogen (secondary N) is 1. The van der Waals surface area contributed by atoms with Crippen LogP contribution < -0.4 is 10.1 Å². The van der Waals surface area contributed by atoms with E-state index in [4.69, 9.17) is 4.74 Å². The van der Waals surface area contributed by atoms with Gasteiger partial charge in [0.25, 0.3) is 5.91 Å². The fourth-order valence-corrected chi connectivity index (χ4v) is 2.47. The number of nitrogens with zero attached hydrogens (tertiary/aromatic N) is 1. The number of carbonyl (C=O) groups is 1. The van der Waals surface area contributed by atoms with Crippen LogP contribution in [-0.2, 0) is 0 Å². The third-order valence-electron chi connectivity index (χ3n) is 3.64. The molecule has 0 bridgehead atoms. The molecule has 0 atom stereocenters. The molecule has 0 saturated heterocycles. The number of benzene rings is 2. The molecule has 4 nitrogen and oxygen atoms in total. The number of hydrogen-bond acceptors (Lipinski definition) is 3. The lowest BCUT2D eigenvalue weighted by Crippen LogP contribution is -2.14. The lowest BCUT2D eigenvalue weighted by molar-refractivity contribution is 0.102. The lowest BCUT2D eigenvalue weighted by Gasteiger charge is -2.10. The fraction of sp³-hybridized carbons (Fsp3) is 0.158. The van der Waals surface area contributed by atoms with Crippen molar-refractivity contribution < 1.29 is 13.9 Å². The second-order valence-electron chi connectivity index (χ2n) is 5.37. The molecule has 0 unspecified atom stereocenters. The average Bonchev–Trinajstić information content (AvgIpc) is 2.56. The Morgan fingerprint density at radius 3 is 2.62 bits per heavy atom. The van der Waals surface area contributed by atoms with Crippen LogP contribution in [0.4, 0.5) is 10.1 Å². The summed E-state index contributed by atoms with van der Waals surface area (Å²) in [6.07, 6.45) is 0. The zero-order chi connectivity index (χ0) is 17.1. The molecule has 1 heterocycles. The van der Waals surface area contributed by atoms with Gasteiger partial charge in [0.15, 0.2) is 0 Å². The number of ether oxygens (including phenoxy) is 1. The van der Waals surface area contributed by atoms with Crippen molar-refractivity contribution in [3.63, 3.8) is 0 Å². The largest absolute Gasteiger partial charge is 0.494 e. The van der Waals surface area contributed by atoms with Crippen LogP contribution in [0.5, 0.6) is 5.75 Å². The van der Waals surface area contributed by atoms with Crippen LogP contribution in [0.25, 0.3) is 10.9 Å². The Balaban J connectivity index is 1.86. The van der Waals surface area contributed by atoms with Crippen molar-refractivity contribution in [3.8, 4) is 5.75 Å². The molecular formula is C19H17FN2O2. The van der Waals surface area contributed by atoms with Gasteiger partial charge in [-0.15, -0.1) is 0 Å². The van der Waals surface area contributed by atoms with Crippen LogP contribution in [0.15, 0.2) is 48.5 Å². The van der Waals surface area contributed by atoms with Gasteiger partial charge >= 0.3 is 0 Å². The summed E-state index contributed by atoms with van der Waals surface area (Å²) in [6.45, 7) is 4.26. The van der Waals surface area contributed by atoms with E-state index in [9.17, 15) is 9.18 Å². The highest BCUT2D eigenvalue weighted by Gasteiger charge is 2.12. The first-order valence-corrected chi connectivity index (χ1v) is 7.68. The van der Waals surface area contributed by atoms with E-state index in [-0.39, 0.29) is 11.7 Å². The highest BCUT2D eigenvalue weighted by atomic mass is 19.1. The van der Waals surface area contributed by atoms with Crippen molar-refractivity contribution in [2.45, 2.75) is 13.8 Å². The van der Waals surface area contributed by atoms with Crippen molar-refractivity contribution in [1.82, 2.24) is 4.98 Å². The quantitative estimate of drug-likeness (QED) is 0.777. The predicted molar refractivity (Wildman–Crippen MR) is 92.0 cm³/mol. The summed E-state index contributed by atoms with van der Waals surface area (Å²) in [5, 5.41) is 3.41. The number of halogens is 1. The second kappa shape index (κ2) is 6.66. The first-order valence-electron chi connectivity index (χ1n) is 7.68. The van der Waals surface area contributed by atoms with E-state index in [0.29, 0.717) is 34.5 Å². The Hall–Kier alpha value is -2.95. The molecule has 2 aromatic carbocycles. The van der Waals surface area contributed by atoms with Gasteiger partial charge in [0, 0.05) is 11.1 Å². The minimum absolute atomic E-state index is 0.282. The van der Waals surface area contributed by atoms with Crippen LogP contribution in [0.1, 0.15) is 23.0 Å². The smallest absolute Gasteiger partial charge is 0.257 e. The molecule has 0 saturated carbocycles. The Bertz CT molecular complexity index is 892. The average molecular weight is 324 g/mol. The van der Waals surface area contributed by atoms with E-state index >= 15 is 0 Å². The molecule has 0 radical (unpaired) electrons. The molecule has 122 valence electrons. The van der Waals surface area contributed by atoms with Gasteiger partial charge in [-0.25, -0.2) is 4.39 Å². The second-order valence-corrected chi connectivity index (χ2v) is 5.37. The normalized spacial score (nSPS) is 10.6. The van der Waals surface area contributed by atoms with E-state index in [2.05, 4.69) is 10.3 Å². The molecule has 1 aromatic heterocycles. The molecule has 1 amide bonds. The summed E-state index contributed by atoms with van der Waals surface area (Å²) in [6, 6.07) is 13.1. The SMILES string of the molecule is CCOc1ccc(NC(=O)c2cc3cc(F)ccc3nc2C)cc1. The summed E-state index contributed by atoms with van der Waals surface area (Å²) in [5.41, 5.74) is 2.33. The monoisotopic (exact) mass is 324 g/mol. The van der Waals surface area contributed by atoms with Gasteiger partial charge in [-0.1, -0.05) is 0 Å². The molecule has 5 heteroatoms. The molecule has 0 spiro atoms. The number of hydrogen-bond donors (Lipinski definition) is 1. The number of anilines is 1. The molecular weight excluding hydrogens is 307 g/mol. The third-order valence-corrected chi connectivity index (χ3v) is 3.64. The third kappa shape index (κ3) is 3.35. The van der Waals surface area contributed by atoms with Crippen molar-refractivity contribution in [2.24, 2.45) is 0 Å². The van der Waals surface area contributed by atoms with Gasteiger partial charge in [0.05, 0.1) is 23.4 Å². The maximum atomic E-state index is 13.4. The number of amides is 1. The molecule has 0 aliphatic rings. The molecule has 0 aliphatic carbocycles. The minimum atomic E-state index is -0.356. The van der Waals surface area contributed by atoms with Gasteiger partial charge in [-0.3, -0.25) is 9.78 Å². The Morgan fingerprint density at radius 2 is 1.92 bits per heavy atom. The number of aryl methyl sites for hydroxylation is 1. The van der Waals surface area contributed by atoms with E-state index in [0.717, 1.165) is 5.75 Å². The minimum Gasteiger partial charge on any atom is -0.494 e. The van der Waals surface area contributed by atoms with Crippen LogP contribution >= 0.6 is 0 Å². The zero-order valence-electron chi connectivity index (χ0n) is 13.5. The maximum Gasteiger partial charge on any atom is 0.257 e. The summed E-state index contributed by atoms with van der Waals surface area (Å²) >= 11 is 0. The van der Waals surface area contributed by atoms with E-state index in [1.165, 1.54) is 12.1 Å².